The van der Waals surface area contributed by atoms with Gasteiger partial charge in [0.1, 0.15) is 17.9 Å². The molecule has 0 saturated heterocycles. The van der Waals surface area contributed by atoms with Crippen LogP contribution >= 0.6 is 0 Å². The minimum absolute atomic E-state index is 0.0394. The van der Waals surface area contributed by atoms with Gasteiger partial charge in [-0.25, -0.2) is 0 Å². The third-order valence-electron chi connectivity index (χ3n) is 3.10. The number of aldehydes is 1. The Hall–Kier alpha value is -0.990. The van der Waals surface area contributed by atoms with Crippen molar-refractivity contribution < 1.29 is 14.4 Å². The van der Waals surface area contributed by atoms with Crippen molar-refractivity contribution in [3.8, 4) is 0 Å². The molecule has 0 radical (unpaired) electrons. The van der Waals surface area contributed by atoms with Crippen LogP contribution in [0.3, 0.4) is 0 Å². The normalized spacial score (nSPS) is 26.5. The summed E-state index contributed by atoms with van der Waals surface area (Å²) in [6.45, 7) is 2.87. The molecule has 1 rings (SSSR count). The smallest absolute Gasteiger partial charge is 0.140 e. The van der Waals surface area contributed by atoms with E-state index in [0.29, 0.717) is 0 Å². The molecule has 1 aliphatic carbocycles. The first-order valence-electron chi connectivity index (χ1n) is 5.04. The number of hydrogen-bond donors (Lipinski definition) is 0. The average molecular weight is 196 g/mol. The van der Waals surface area contributed by atoms with E-state index < -0.39 is 5.92 Å². The fourth-order valence-corrected chi connectivity index (χ4v) is 2.49. The summed E-state index contributed by atoms with van der Waals surface area (Å²) in [5, 5.41) is 0. The van der Waals surface area contributed by atoms with E-state index >= 15 is 0 Å². The second-order valence-corrected chi connectivity index (χ2v) is 4.09. The maximum Gasteiger partial charge on any atom is 0.140 e. The second-order valence-electron chi connectivity index (χ2n) is 4.09. The van der Waals surface area contributed by atoms with E-state index in [-0.39, 0.29) is 23.4 Å². The summed E-state index contributed by atoms with van der Waals surface area (Å²) in [5.41, 5.74) is 0. The lowest BCUT2D eigenvalue weighted by Crippen LogP contribution is -2.31. The second kappa shape index (κ2) is 4.49. The van der Waals surface area contributed by atoms with Crippen LogP contribution in [0.15, 0.2) is 0 Å². The molecule has 0 unspecified atom stereocenters. The van der Waals surface area contributed by atoms with Crippen molar-refractivity contribution in [2.24, 2.45) is 17.8 Å². The fraction of sp³-hybridized carbons (Fsp3) is 0.727. The first-order valence-corrected chi connectivity index (χ1v) is 5.04. The Morgan fingerprint density at radius 3 is 2.21 bits per heavy atom. The molecule has 3 nitrogen and oxygen atoms in total. The predicted octanol–water partition coefficient (Wildman–Crippen LogP) is 1.40. The van der Waals surface area contributed by atoms with E-state index in [9.17, 15) is 14.4 Å². The van der Waals surface area contributed by atoms with E-state index in [0.717, 1.165) is 25.5 Å². The number of hydrogen-bond acceptors (Lipinski definition) is 3. The maximum absolute atomic E-state index is 11.3. The van der Waals surface area contributed by atoms with E-state index in [4.69, 9.17) is 0 Å². The van der Waals surface area contributed by atoms with Gasteiger partial charge < -0.3 is 4.79 Å². The first kappa shape index (κ1) is 11.1. The highest BCUT2D eigenvalue weighted by molar-refractivity contribution is 6.00. The van der Waals surface area contributed by atoms with Crippen LogP contribution in [-0.2, 0) is 14.4 Å². The molecule has 1 aliphatic rings. The Kier molecular flexibility index (Phi) is 3.55. The van der Waals surface area contributed by atoms with E-state index in [2.05, 4.69) is 0 Å². The highest BCUT2D eigenvalue weighted by Gasteiger charge is 2.38. The van der Waals surface area contributed by atoms with Crippen LogP contribution in [0.2, 0.25) is 0 Å². The Labute approximate surface area is 83.9 Å². The van der Waals surface area contributed by atoms with Crippen molar-refractivity contribution >= 4 is 17.9 Å². The fourth-order valence-electron chi connectivity index (χ4n) is 2.49. The van der Waals surface area contributed by atoms with Crippen molar-refractivity contribution in [1.29, 1.82) is 0 Å². The van der Waals surface area contributed by atoms with Crippen molar-refractivity contribution in [3.63, 3.8) is 0 Å². The Morgan fingerprint density at radius 2 is 1.79 bits per heavy atom. The van der Waals surface area contributed by atoms with Gasteiger partial charge in [0.05, 0.1) is 5.92 Å². The highest BCUT2D eigenvalue weighted by Crippen LogP contribution is 2.36. The van der Waals surface area contributed by atoms with E-state index in [1.165, 1.54) is 13.8 Å². The molecule has 0 aromatic rings. The zero-order valence-electron chi connectivity index (χ0n) is 8.66. The molecule has 0 amide bonds. The molecule has 0 spiro atoms. The Bertz CT molecular complexity index is 243. The summed E-state index contributed by atoms with van der Waals surface area (Å²) in [6, 6.07) is 0. The molecule has 3 heteroatoms. The maximum atomic E-state index is 11.3. The number of rotatable bonds is 4. The Morgan fingerprint density at radius 1 is 1.21 bits per heavy atom. The molecule has 0 bridgehead atoms. The van der Waals surface area contributed by atoms with Gasteiger partial charge >= 0.3 is 0 Å². The molecule has 2 atom stereocenters. The molecule has 1 fully saturated rings. The summed E-state index contributed by atoms with van der Waals surface area (Å²) in [7, 11) is 0. The van der Waals surface area contributed by atoms with E-state index in [1.54, 1.807) is 0 Å². The molecule has 0 aromatic heterocycles. The molecule has 78 valence electrons. The van der Waals surface area contributed by atoms with Crippen LogP contribution in [0.4, 0.5) is 0 Å². The standard InChI is InChI=1S/C11H16O3/c1-7(13)11(8(2)14)10-5-3-4-9(10)6-12/h6,9-11H,3-5H2,1-2H3/t9-,10+/m0/s1. The molecular formula is C11H16O3. The lowest BCUT2D eigenvalue weighted by Gasteiger charge is -2.21. The number of ketones is 2. The van der Waals surface area contributed by atoms with Crippen LogP contribution in [0.25, 0.3) is 0 Å². The molecule has 0 N–H and O–H groups in total. The topological polar surface area (TPSA) is 51.2 Å². The van der Waals surface area contributed by atoms with Crippen molar-refractivity contribution in [1.82, 2.24) is 0 Å². The molecule has 0 heterocycles. The van der Waals surface area contributed by atoms with Gasteiger partial charge in [0.2, 0.25) is 0 Å². The minimum Gasteiger partial charge on any atom is -0.303 e. The number of carbonyl (C=O) groups is 3. The summed E-state index contributed by atoms with van der Waals surface area (Å²) < 4.78 is 0. The molecule has 1 saturated carbocycles. The average Bonchev–Trinajstić information content (AvgIpc) is 2.51. The zero-order valence-corrected chi connectivity index (χ0v) is 8.66. The van der Waals surface area contributed by atoms with Gasteiger partial charge in [-0.1, -0.05) is 6.42 Å². The van der Waals surface area contributed by atoms with Gasteiger partial charge in [0.15, 0.2) is 0 Å². The van der Waals surface area contributed by atoms with Gasteiger partial charge in [-0.05, 0) is 32.6 Å². The van der Waals surface area contributed by atoms with Gasteiger partial charge in [-0.2, -0.15) is 0 Å². The SMILES string of the molecule is CC(=O)C(C(C)=O)[C@@H]1CCC[C@H]1C=O. The lowest BCUT2D eigenvalue weighted by molar-refractivity contribution is -0.133. The van der Waals surface area contributed by atoms with Crippen LogP contribution in [-0.4, -0.2) is 17.9 Å². The van der Waals surface area contributed by atoms with Gasteiger partial charge in [-0.3, -0.25) is 9.59 Å². The summed E-state index contributed by atoms with van der Waals surface area (Å²) in [6.07, 6.45) is 3.50. The van der Waals surface area contributed by atoms with Crippen LogP contribution in [0.1, 0.15) is 33.1 Å². The number of carbonyl (C=O) groups excluding carboxylic acids is 3. The van der Waals surface area contributed by atoms with Gasteiger partial charge in [0, 0.05) is 5.92 Å². The highest BCUT2D eigenvalue weighted by atomic mass is 16.1. The van der Waals surface area contributed by atoms with Crippen molar-refractivity contribution in [2.75, 3.05) is 0 Å². The first-order chi connectivity index (χ1) is 6.57. The third kappa shape index (κ3) is 2.08. The molecular weight excluding hydrogens is 180 g/mol. The summed E-state index contributed by atoms with van der Waals surface area (Å²) in [5.74, 6) is -0.879. The molecule has 0 aromatic carbocycles. The predicted molar refractivity (Wildman–Crippen MR) is 51.7 cm³/mol. The Balaban J connectivity index is 2.82. The monoisotopic (exact) mass is 196 g/mol. The number of Topliss-reactive ketones (excluding diaryl/α,β-unsaturated/α-hetero) is 2. The minimum atomic E-state index is -0.548. The zero-order chi connectivity index (χ0) is 10.7. The van der Waals surface area contributed by atoms with E-state index in [1.807, 2.05) is 0 Å². The molecule has 0 aliphatic heterocycles. The summed E-state index contributed by atoms with van der Waals surface area (Å²) in [4.78, 5) is 33.3. The third-order valence-corrected chi connectivity index (χ3v) is 3.10. The van der Waals surface area contributed by atoms with Gasteiger partial charge in [-0.15, -0.1) is 0 Å². The van der Waals surface area contributed by atoms with Crippen LogP contribution < -0.4 is 0 Å². The van der Waals surface area contributed by atoms with Gasteiger partial charge in [0.25, 0.3) is 0 Å². The molecule has 14 heavy (non-hydrogen) atoms. The summed E-state index contributed by atoms with van der Waals surface area (Å²) >= 11 is 0. The van der Waals surface area contributed by atoms with Crippen LogP contribution in [0.5, 0.6) is 0 Å². The van der Waals surface area contributed by atoms with Crippen molar-refractivity contribution in [3.05, 3.63) is 0 Å². The van der Waals surface area contributed by atoms with Crippen molar-refractivity contribution in [2.45, 2.75) is 33.1 Å². The quantitative estimate of drug-likeness (QED) is 0.504. The van der Waals surface area contributed by atoms with Crippen LogP contribution in [0, 0.1) is 17.8 Å². The largest absolute Gasteiger partial charge is 0.303 e. The lowest BCUT2D eigenvalue weighted by atomic mass is 9.80.